The molecule has 0 N–H and O–H groups in total. The van der Waals surface area contributed by atoms with Gasteiger partial charge in [0.15, 0.2) is 6.10 Å². The highest BCUT2D eigenvalue weighted by atomic mass is 16.6. The van der Waals surface area contributed by atoms with Crippen LogP contribution in [0.2, 0.25) is 0 Å². The lowest BCUT2D eigenvalue weighted by Crippen LogP contribution is -2.55. The Balaban J connectivity index is 4.42. The van der Waals surface area contributed by atoms with Gasteiger partial charge >= 0.3 is 11.9 Å². The molecule has 0 bridgehead atoms. The monoisotopic (exact) mass is 838 g/mol. The molecule has 0 aliphatic carbocycles. The van der Waals surface area contributed by atoms with Crippen molar-refractivity contribution in [3.8, 4) is 0 Å². The fraction of sp³-hybridized carbons (Fsp3) is 0.673. The second kappa shape index (κ2) is 42.2. The number of carboxylic acid groups (broad SMARTS) is 1. The van der Waals surface area contributed by atoms with Crippen LogP contribution in [0.1, 0.15) is 174 Å². The number of esters is 2. The van der Waals surface area contributed by atoms with E-state index in [0.717, 1.165) is 70.6 Å². The highest BCUT2D eigenvalue weighted by molar-refractivity contribution is 5.70. The predicted molar refractivity (Wildman–Crippen MR) is 249 cm³/mol. The van der Waals surface area contributed by atoms with Crippen LogP contribution in [0.15, 0.2) is 85.1 Å². The van der Waals surface area contributed by atoms with Crippen molar-refractivity contribution in [1.82, 2.24) is 0 Å². The van der Waals surface area contributed by atoms with Gasteiger partial charge in [0.05, 0.1) is 40.3 Å². The van der Waals surface area contributed by atoms with Crippen LogP contribution in [-0.2, 0) is 28.6 Å². The van der Waals surface area contributed by atoms with Gasteiger partial charge in [0.2, 0.25) is 0 Å². The molecule has 0 spiro atoms. The number of hydrogen-bond donors (Lipinski definition) is 0. The maximum absolute atomic E-state index is 12.7. The molecule has 0 aliphatic heterocycles. The van der Waals surface area contributed by atoms with Gasteiger partial charge in [-0.2, -0.15) is 0 Å². The summed E-state index contributed by atoms with van der Waals surface area (Å²) in [4.78, 5) is 36.9. The summed E-state index contributed by atoms with van der Waals surface area (Å²) >= 11 is 0. The first kappa shape index (κ1) is 56.5. The minimum Gasteiger partial charge on any atom is -0.544 e. The van der Waals surface area contributed by atoms with E-state index in [2.05, 4.69) is 98.9 Å². The number of unbranched alkanes of at least 4 members (excludes halogenated alkanes) is 13. The maximum atomic E-state index is 12.7. The van der Waals surface area contributed by atoms with Crippen LogP contribution in [0.4, 0.5) is 0 Å². The van der Waals surface area contributed by atoms with E-state index in [1.807, 2.05) is 0 Å². The van der Waals surface area contributed by atoms with E-state index in [4.69, 9.17) is 14.2 Å². The molecule has 60 heavy (non-hydrogen) atoms. The Labute approximate surface area is 367 Å². The number of carbonyl (C=O) groups is 3. The van der Waals surface area contributed by atoms with Crippen LogP contribution in [0.3, 0.4) is 0 Å². The minimum absolute atomic E-state index is 0.0144. The largest absolute Gasteiger partial charge is 0.544 e. The Morgan fingerprint density at radius 2 is 0.933 bits per heavy atom. The second-order valence-corrected chi connectivity index (χ2v) is 16.6. The molecule has 0 radical (unpaired) electrons. The summed E-state index contributed by atoms with van der Waals surface area (Å²) in [5.41, 5.74) is 0. The number of allylic oxidation sites excluding steroid dienone is 14. The Kier molecular flexibility index (Phi) is 39.8. The molecule has 2 atom stereocenters. The quantitative estimate of drug-likeness (QED) is 0.0261. The van der Waals surface area contributed by atoms with Crippen LogP contribution >= 0.6 is 0 Å². The van der Waals surface area contributed by atoms with Crippen molar-refractivity contribution < 1.29 is 38.2 Å². The zero-order valence-electron chi connectivity index (χ0n) is 38.8. The number of carboxylic acids is 1. The molecule has 2 unspecified atom stereocenters. The molecule has 0 fully saturated rings. The zero-order chi connectivity index (χ0) is 44.2. The summed E-state index contributed by atoms with van der Waals surface area (Å²) in [6.07, 6.45) is 54.7. The third kappa shape index (κ3) is 39.9. The molecule has 0 aromatic rings. The molecule has 0 heterocycles. The molecular formula is C52H87NO7. The van der Waals surface area contributed by atoms with Gasteiger partial charge in [0, 0.05) is 19.3 Å². The van der Waals surface area contributed by atoms with E-state index < -0.39 is 18.1 Å². The fourth-order valence-corrected chi connectivity index (χ4v) is 6.41. The average molecular weight is 838 g/mol. The lowest BCUT2D eigenvalue weighted by molar-refractivity contribution is -0.889. The first-order valence-electron chi connectivity index (χ1n) is 23.6. The maximum Gasteiger partial charge on any atom is 0.306 e. The number of quaternary nitrogens is 1. The molecule has 0 aliphatic rings. The van der Waals surface area contributed by atoms with Crippen LogP contribution < -0.4 is 5.11 Å². The van der Waals surface area contributed by atoms with Crippen LogP contribution in [0, 0.1) is 0 Å². The van der Waals surface area contributed by atoms with Crippen LogP contribution in [-0.4, -0.2) is 75.5 Å². The second-order valence-electron chi connectivity index (χ2n) is 16.6. The van der Waals surface area contributed by atoms with E-state index in [1.54, 1.807) is 21.1 Å². The van der Waals surface area contributed by atoms with E-state index in [-0.39, 0.29) is 49.1 Å². The molecule has 0 amide bonds. The van der Waals surface area contributed by atoms with Crippen molar-refractivity contribution in [3.05, 3.63) is 85.1 Å². The van der Waals surface area contributed by atoms with Crippen LogP contribution in [0.5, 0.6) is 0 Å². The highest BCUT2D eigenvalue weighted by Crippen LogP contribution is 2.14. The van der Waals surface area contributed by atoms with Crippen molar-refractivity contribution in [3.63, 3.8) is 0 Å². The SMILES string of the molecule is CC/C=C/C/C=C/C/C=C/C/C=C/C/C=C/C/C=C/C/C=C/CCCC(=O)OC(COCCC(C(=O)[O-])[N+](C)(C)C)COC(=O)CCCCCCCCCCCCCCC. The van der Waals surface area contributed by atoms with Crippen molar-refractivity contribution in [2.75, 3.05) is 41.0 Å². The van der Waals surface area contributed by atoms with E-state index in [0.29, 0.717) is 12.8 Å². The Morgan fingerprint density at radius 1 is 0.517 bits per heavy atom. The number of carbonyl (C=O) groups excluding carboxylic acids is 3. The number of likely N-dealkylation sites (N-methyl/N-ethyl adjacent to an activating group) is 1. The van der Waals surface area contributed by atoms with Crippen molar-refractivity contribution in [1.29, 1.82) is 0 Å². The minimum atomic E-state index is -1.14. The number of aliphatic carboxylic acids is 1. The Hall–Kier alpha value is -3.49. The lowest BCUT2D eigenvalue weighted by Gasteiger charge is -2.34. The van der Waals surface area contributed by atoms with Crippen molar-refractivity contribution in [2.24, 2.45) is 0 Å². The van der Waals surface area contributed by atoms with Gasteiger partial charge < -0.3 is 28.6 Å². The van der Waals surface area contributed by atoms with Gasteiger partial charge in [-0.3, -0.25) is 9.59 Å². The fourth-order valence-electron chi connectivity index (χ4n) is 6.41. The normalized spacial score (nSPS) is 13.7. The van der Waals surface area contributed by atoms with E-state index in [1.165, 1.54) is 64.2 Å². The van der Waals surface area contributed by atoms with Gasteiger partial charge in [-0.25, -0.2) is 0 Å². The van der Waals surface area contributed by atoms with Gasteiger partial charge in [-0.05, 0) is 64.2 Å². The molecule has 342 valence electrons. The van der Waals surface area contributed by atoms with Crippen LogP contribution in [0.25, 0.3) is 0 Å². The molecule has 8 nitrogen and oxygen atoms in total. The predicted octanol–water partition coefficient (Wildman–Crippen LogP) is 12.0. The lowest BCUT2D eigenvalue weighted by atomic mass is 10.0. The Bertz CT molecular complexity index is 1250. The van der Waals surface area contributed by atoms with Crippen molar-refractivity contribution in [2.45, 2.75) is 187 Å². The smallest absolute Gasteiger partial charge is 0.306 e. The molecule has 8 heteroatoms. The molecule has 0 saturated carbocycles. The van der Waals surface area contributed by atoms with Gasteiger partial charge in [-0.1, -0.05) is 176 Å². The first-order valence-corrected chi connectivity index (χ1v) is 23.6. The molecule has 0 aromatic heterocycles. The zero-order valence-corrected chi connectivity index (χ0v) is 38.8. The Morgan fingerprint density at radius 3 is 1.37 bits per heavy atom. The number of hydrogen-bond acceptors (Lipinski definition) is 7. The topological polar surface area (TPSA) is 102 Å². The van der Waals surface area contributed by atoms with E-state index >= 15 is 0 Å². The summed E-state index contributed by atoms with van der Waals surface area (Å²) < 4.78 is 17.1. The number of ether oxygens (including phenoxy) is 3. The average Bonchev–Trinajstić information content (AvgIpc) is 3.21. The molecular weight excluding hydrogens is 751 g/mol. The summed E-state index contributed by atoms with van der Waals surface area (Å²) in [6.45, 7) is 4.48. The van der Waals surface area contributed by atoms with Gasteiger partial charge in [0.1, 0.15) is 12.6 Å². The first-order chi connectivity index (χ1) is 29.1. The number of rotatable bonds is 41. The van der Waals surface area contributed by atoms with Crippen molar-refractivity contribution >= 4 is 17.9 Å². The van der Waals surface area contributed by atoms with E-state index in [9.17, 15) is 19.5 Å². The third-order valence-electron chi connectivity index (χ3n) is 10.0. The third-order valence-corrected chi connectivity index (χ3v) is 10.0. The van der Waals surface area contributed by atoms with Gasteiger partial charge in [-0.15, -0.1) is 0 Å². The molecule has 0 aromatic carbocycles. The highest BCUT2D eigenvalue weighted by Gasteiger charge is 2.25. The molecule has 0 saturated heterocycles. The number of nitrogens with zero attached hydrogens (tertiary/aromatic N) is 1. The standard InChI is InChI=1S/C52H87NO7/c1-6-8-10-12-14-16-18-20-21-22-23-24-25-26-27-28-29-31-33-35-37-39-41-43-51(55)60-48(46-58-45-44-49(52(56)57)53(3,4)5)47-59-50(54)42-40-38-36-34-32-30-19-17-15-13-11-9-7-2/h8,10,14,16,20-21,23-24,26-27,29,31,35,37,48-49H,6-7,9,11-13,15,17-19,22,25,28,30,32-34,36,38-47H2,1-5H3/b10-8+,16-14+,21-20+,24-23+,27-26+,31-29+,37-35+. The van der Waals surface area contributed by atoms with Gasteiger partial charge in [0.25, 0.3) is 0 Å². The molecule has 0 rings (SSSR count). The summed E-state index contributed by atoms with van der Waals surface area (Å²) in [6, 6.07) is -0.739. The summed E-state index contributed by atoms with van der Waals surface area (Å²) in [7, 11) is 5.38. The summed E-state index contributed by atoms with van der Waals surface area (Å²) in [5, 5.41) is 11.6. The summed E-state index contributed by atoms with van der Waals surface area (Å²) in [5.74, 6) is -1.82.